The predicted molar refractivity (Wildman–Crippen MR) is 112 cm³/mol. The van der Waals surface area contributed by atoms with E-state index in [1.807, 2.05) is 36.4 Å². The predicted octanol–water partition coefficient (Wildman–Crippen LogP) is 5.18. The first-order chi connectivity index (χ1) is 13.8. The molecule has 3 heterocycles. The van der Waals surface area contributed by atoms with E-state index < -0.39 is 0 Å². The van der Waals surface area contributed by atoms with Crippen LogP contribution in [-0.2, 0) is 0 Å². The van der Waals surface area contributed by atoms with Gasteiger partial charge in [0, 0.05) is 5.56 Å². The van der Waals surface area contributed by atoms with Gasteiger partial charge in [-0.05, 0) is 42.5 Å². The number of furan rings is 1. The van der Waals surface area contributed by atoms with Crippen molar-refractivity contribution in [1.82, 2.24) is 9.97 Å². The molecule has 0 fully saturated rings. The summed E-state index contributed by atoms with van der Waals surface area (Å²) in [6, 6.07) is 16.7. The summed E-state index contributed by atoms with van der Waals surface area (Å²) in [6.07, 6.45) is 3.07. The lowest BCUT2D eigenvalue weighted by molar-refractivity contribution is 0.0988. The summed E-state index contributed by atoms with van der Waals surface area (Å²) in [6.45, 7) is 0. The average molecular weight is 404 g/mol. The van der Waals surface area contributed by atoms with Crippen LogP contribution in [0.4, 0.5) is 5.13 Å². The molecule has 136 valence electrons. The SMILES string of the molecule is O=C(c1ccc2ncsc2c1)N(/N=C\c1ccco1)c1nc2ccccc2s1. The summed E-state index contributed by atoms with van der Waals surface area (Å²) in [5, 5.41) is 6.19. The van der Waals surface area contributed by atoms with Crippen molar-refractivity contribution < 1.29 is 9.21 Å². The van der Waals surface area contributed by atoms with Gasteiger partial charge in [0.1, 0.15) is 5.76 Å². The summed E-state index contributed by atoms with van der Waals surface area (Å²) >= 11 is 2.90. The topological polar surface area (TPSA) is 71.6 Å². The maximum atomic E-state index is 13.3. The number of fused-ring (bicyclic) bond motifs is 2. The number of hydrogen-bond donors (Lipinski definition) is 0. The lowest BCUT2D eigenvalue weighted by Crippen LogP contribution is -2.25. The Kier molecular flexibility index (Phi) is 4.19. The molecule has 0 bridgehead atoms. The fourth-order valence-corrected chi connectivity index (χ4v) is 4.37. The zero-order valence-corrected chi connectivity index (χ0v) is 16.0. The van der Waals surface area contributed by atoms with Gasteiger partial charge in [-0.3, -0.25) is 4.79 Å². The molecule has 1 amide bonds. The molecule has 0 aliphatic heterocycles. The number of hydrogen-bond acceptors (Lipinski definition) is 7. The smallest absolute Gasteiger partial charge is 0.280 e. The largest absolute Gasteiger partial charge is 0.463 e. The number of hydrazone groups is 1. The van der Waals surface area contributed by atoms with Crippen molar-refractivity contribution in [2.45, 2.75) is 0 Å². The molecule has 5 rings (SSSR count). The molecule has 0 saturated carbocycles. The number of anilines is 1. The second-order valence-corrected chi connectivity index (χ2v) is 7.77. The fraction of sp³-hybridized carbons (Fsp3) is 0. The molecule has 0 spiro atoms. The van der Waals surface area contributed by atoms with E-state index >= 15 is 0 Å². The van der Waals surface area contributed by atoms with Crippen molar-refractivity contribution in [3.05, 3.63) is 77.7 Å². The highest BCUT2D eigenvalue weighted by Crippen LogP contribution is 2.30. The Balaban J connectivity index is 1.58. The number of amides is 1. The van der Waals surface area contributed by atoms with Crippen LogP contribution in [0.15, 0.2) is 75.9 Å². The van der Waals surface area contributed by atoms with Gasteiger partial charge >= 0.3 is 0 Å². The van der Waals surface area contributed by atoms with E-state index in [9.17, 15) is 4.79 Å². The molecule has 6 nitrogen and oxygen atoms in total. The number of carbonyl (C=O) groups is 1. The first-order valence-corrected chi connectivity index (χ1v) is 10.1. The van der Waals surface area contributed by atoms with E-state index in [0.717, 1.165) is 20.4 Å². The molecule has 3 aromatic heterocycles. The van der Waals surface area contributed by atoms with E-state index in [1.54, 1.807) is 30.0 Å². The summed E-state index contributed by atoms with van der Waals surface area (Å²) in [5.74, 6) is 0.286. The highest BCUT2D eigenvalue weighted by molar-refractivity contribution is 7.22. The number of para-hydroxylation sites is 1. The van der Waals surface area contributed by atoms with Crippen LogP contribution < -0.4 is 5.01 Å². The molecular formula is C20H12N4O2S2. The molecule has 0 saturated heterocycles. The molecular weight excluding hydrogens is 392 g/mol. The summed E-state index contributed by atoms with van der Waals surface area (Å²) in [7, 11) is 0. The second-order valence-electron chi connectivity index (χ2n) is 5.88. The third kappa shape index (κ3) is 3.08. The minimum Gasteiger partial charge on any atom is -0.463 e. The molecule has 5 aromatic rings. The van der Waals surface area contributed by atoms with Gasteiger partial charge in [0.05, 0.1) is 38.4 Å². The summed E-state index contributed by atoms with van der Waals surface area (Å²) in [4.78, 5) is 22.1. The van der Waals surface area contributed by atoms with Crippen molar-refractivity contribution in [3.8, 4) is 0 Å². The van der Waals surface area contributed by atoms with E-state index in [4.69, 9.17) is 4.42 Å². The van der Waals surface area contributed by atoms with Crippen LogP contribution >= 0.6 is 22.7 Å². The number of nitrogens with zero attached hydrogens (tertiary/aromatic N) is 4. The molecule has 0 aliphatic rings. The van der Waals surface area contributed by atoms with E-state index in [0.29, 0.717) is 16.5 Å². The number of aromatic nitrogens is 2. The highest BCUT2D eigenvalue weighted by Gasteiger charge is 2.21. The van der Waals surface area contributed by atoms with Gasteiger partial charge < -0.3 is 4.42 Å². The van der Waals surface area contributed by atoms with Gasteiger partial charge in [-0.25, -0.2) is 9.97 Å². The Hall–Kier alpha value is -3.36. The van der Waals surface area contributed by atoms with Gasteiger partial charge in [-0.1, -0.05) is 23.5 Å². The van der Waals surface area contributed by atoms with Crippen molar-refractivity contribution in [3.63, 3.8) is 0 Å². The van der Waals surface area contributed by atoms with Crippen LogP contribution in [0.25, 0.3) is 20.4 Å². The van der Waals surface area contributed by atoms with Gasteiger partial charge in [-0.2, -0.15) is 10.1 Å². The number of benzene rings is 2. The Morgan fingerprint density at radius 3 is 2.86 bits per heavy atom. The Labute approximate surface area is 167 Å². The lowest BCUT2D eigenvalue weighted by atomic mass is 10.2. The monoisotopic (exact) mass is 404 g/mol. The lowest BCUT2D eigenvalue weighted by Gasteiger charge is -2.13. The van der Waals surface area contributed by atoms with E-state index in [1.165, 1.54) is 33.9 Å². The molecule has 0 N–H and O–H groups in total. The zero-order chi connectivity index (χ0) is 18.9. The summed E-state index contributed by atoms with van der Waals surface area (Å²) < 4.78 is 7.24. The van der Waals surface area contributed by atoms with Crippen molar-refractivity contribution >= 4 is 60.4 Å². The Morgan fingerprint density at radius 1 is 1.07 bits per heavy atom. The third-order valence-electron chi connectivity index (χ3n) is 4.08. The van der Waals surface area contributed by atoms with Crippen LogP contribution in [0.5, 0.6) is 0 Å². The van der Waals surface area contributed by atoms with Crippen LogP contribution in [0.3, 0.4) is 0 Å². The molecule has 8 heteroatoms. The van der Waals surface area contributed by atoms with Crippen LogP contribution in [0.1, 0.15) is 16.1 Å². The molecule has 28 heavy (non-hydrogen) atoms. The minimum absolute atomic E-state index is 0.267. The highest BCUT2D eigenvalue weighted by atomic mass is 32.1. The van der Waals surface area contributed by atoms with Crippen molar-refractivity contribution in [1.29, 1.82) is 0 Å². The second kappa shape index (κ2) is 6.99. The maximum Gasteiger partial charge on any atom is 0.280 e. The molecule has 0 unspecified atom stereocenters. The molecule has 0 aliphatic carbocycles. The summed E-state index contributed by atoms with van der Waals surface area (Å²) in [5.41, 5.74) is 3.98. The first-order valence-electron chi connectivity index (χ1n) is 8.39. The quantitative estimate of drug-likeness (QED) is 0.306. The minimum atomic E-state index is -0.267. The zero-order valence-electron chi connectivity index (χ0n) is 14.4. The van der Waals surface area contributed by atoms with Crippen LogP contribution in [0, 0.1) is 0 Å². The maximum absolute atomic E-state index is 13.3. The van der Waals surface area contributed by atoms with E-state index in [2.05, 4.69) is 15.1 Å². The molecule has 2 aromatic carbocycles. The van der Waals surface area contributed by atoms with Crippen molar-refractivity contribution in [2.75, 3.05) is 5.01 Å². The molecule has 0 radical (unpaired) electrons. The van der Waals surface area contributed by atoms with Gasteiger partial charge in [-0.15, -0.1) is 11.3 Å². The van der Waals surface area contributed by atoms with Gasteiger partial charge in [0.25, 0.3) is 5.91 Å². The van der Waals surface area contributed by atoms with Crippen molar-refractivity contribution in [2.24, 2.45) is 5.10 Å². The Bertz CT molecular complexity index is 1270. The number of carbonyl (C=O) groups excluding carboxylic acids is 1. The Morgan fingerprint density at radius 2 is 2.00 bits per heavy atom. The number of thiazole rings is 2. The fourth-order valence-electron chi connectivity index (χ4n) is 2.73. The van der Waals surface area contributed by atoms with Gasteiger partial charge in [0.2, 0.25) is 5.13 Å². The molecule has 0 atom stereocenters. The van der Waals surface area contributed by atoms with Crippen LogP contribution in [-0.4, -0.2) is 22.1 Å². The first kappa shape index (κ1) is 16.8. The van der Waals surface area contributed by atoms with Gasteiger partial charge in [0.15, 0.2) is 0 Å². The third-order valence-corrected chi connectivity index (χ3v) is 5.88. The number of rotatable bonds is 4. The van der Waals surface area contributed by atoms with Crippen LogP contribution in [0.2, 0.25) is 0 Å². The average Bonchev–Trinajstić information content (AvgIpc) is 3.47. The normalized spacial score (nSPS) is 11.6. The standard InChI is InChI=1S/C20H12N4O2S2/c25-19(13-7-8-15-18(10-13)27-12-21-15)24(22-11-14-4-3-9-26-14)20-23-16-5-1-2-6-17(16)28-20/h1-12H/b22-11-. The van der Waals surface area contributed by atoms with E-state index in [-0.39, 0.29) is 5.91 Å².